The van der Waals surface area contributed by atoms with Gasteiger partial charge in [-0.05, 0) is 42.2 Å². The van der Waals surface area contributed by atoms with Gasteiger partial charge in [0.25, 0.3) is 0 Å². The van der Waals surface area contributed by atoms with Crippen LogP contribution in [0.1, 0.15) is 40.4 Å². The number of fused-ring (bicyclic) bond motifs is 1. The molecule has 1 aliphatic heterocycles. The number of hydrogen-bond acceptors (Lipinski definition) is 10. The van der Waals surface area contributed by atoms with Crippen LogP contribution in [0.15, 0.2) is 69.7 Å². The van der Waals surface area contributed by atoms with E-state index in [0.717, 1.165) is 30.0 Å². The zero-order valence-corrected chi connectivity index (χ0v) is 26.2. The maximum atomic E-state index is 15.7. The summed E-state index contributed by atoms with van der Waals surface area (Å²) in [5, 5.41) is 14.0. The number of nitrogens with zero attached hydrogens (tertiary/aromatic N) is 5. The SMILES string of the molecule is COc1cc(CO/N=C2\CN(c3nc4c(cc3F)c(=O)c(C(=O)O)cn4C3CC3)CC2CN=Cc2ccccc2)cc(OC)c1OC. The molecular formula is C34H34FN5O7. The molecule has 1 atom stereocenters. The first-order valence-electron chi connectivity index (χ1n) is 15.1. The van der Waals surface area contributed by atoms with Gasteiger partial charge >= 0.3 is 5.97 Å². The molecule has 2 aromatic carbocycles. The number of benzene rings is 2. The number of carboxylic acid groups (broad SMARTS) is 1. The van der Waals surface area contributed by atoms with Gasteiger partial charge in [0.15, 0.2) is 23.1 Å². The molecule has 1 N–H and O–H groups in total. The maximum Gasteiger partial charge on any atom is 0.341 e. The summed E-state index contributed by atoms with van der Waals surface area (Å²) in [6.07, 6.45) is 4.72. The average Bonchev–Trinajstić information content (AvgIpc) is 3.85. The topological polar surface area (TPSA) is 137 Å². The number of rotatable bonds is 12. The van der Waals surface area contributed by atoms with Crippen molar-refractivity contribution in [1.82, 2.24) is 9.55 Å². The molecule has 2 fully saturated rings. The van der Waals surface area contributed by atoms with Gasteiger partial charge in [-0.15, -0.1) is 0 Å². The van der Waals surface area contributed by atoms with Gasteiger partial charge in [0.2, 0.25) is 11.2 Å². The average molecular weight is 644 g/mol. The molecule has 6 rings (SSSR count). The van der Waals surface area contributed by atoms with Crippen molar-refractivity contribution in [3.05, 3.63) is 87.5 Å². The molecule has 1 aliphatic carbocycles. The van der Waals surface area contributed by atoms with Crippen molar-refractivity contribution < 1.29 is 33.3 Å². The van der Waals surface area contributed by atoms with Gasteiger partial charge in [-0.25, -0.2) is 14.2 Å². The van der Waals surface area contributed by atoms with Crippen molar-refractivity contribution >= 4 is 34.7 Å². The highest BCUT2D eigenvalue weighted by Crippen LogP contribution is 2.39. The van der Waals surface area contributed by atoms with Crippen LogP contribution in [-0.2, 0) is 11.4 Å². The molecule has 2 aromatic heterocycles. The third-order valence-corrected chi connectivity index (χ3v) is 8.18. The van der Waals surface area contributed by atoms with Crippen LogP contribution in [0.5, 0.6) is 17.2 Å². The van der Waals surface area contributed by atoms with E-state index in [4.69, 9.17) is 19.0 Å². The van der Waals surface area contributed by atoms with Crippen LogP contribution in [0.25, 0.3) is 11.0 Å². The van der Waals surface area contributed by atoms with Gasteiger partial charge in [0, 0.05) is 37.5 Å². The van der Waals surface area contributed by atoms with Gasteiger partial charge in [-0.1, -0.05) is 35.5 Å². The molecule has 2 aliphatic rings. The fourth-order valence-electron chi connectivity index (χ4n) is 5.66. The van der Waals surface area contributed by atoms with Gasteiger partial charge in [0.05, 0.1) is 39.0 Å². The summed E-state index contributed by atoms with van der Waals surface area (Å²) in [6, 6.07) is 14.3. The van der Waals surface area contributed by atoms with E-state index in [1.807, 2.05) is 30.3 Å². The molecular weight excluding hydrogens is 609 g/mol. The van der Waals surface area contributed by atoms with Crippen molar-refractivity contribution in [2.24, 2.45) is 16.1 Å². The van der Waals surface area contributed by atoms with Crippen LogP contribution in [0.2, 0.25) is 0 Å². The Morgan fingerprint density at radius 1 is 1.09 bits per heavy atom. The standard InChI is InChI=1S/C34H34FN5O7/c1-44-28-11-21(12-29(45-2)31(28)46-3)19-47-38-27-18-39(16-22(27)15-36-14-20-7-5-4-6-8-20)33-26(35)13-24-30(41)25(34(42)43)17-40(23-9-10-23)32(24)37-33/h4-8,11-14,17,22-23H,9-10,15-16,18-19H2,1-3H3,(H,42,43)/b36-14?,38-27+. The number of hydrogen-bond donors (Lipinski definition) is 1. The van der Waals surface area contributed by atoms with E-state index in [-0.39, 0.29) is 42.0 Å². The summed E-state index contributed by atoms with van der Waals surface area (Å²) in [6.45, 7) is 1.01. The second-order valence-corrected chi connectivity index (χ2v) is 11.4. The monoisotopic (exact) mass is 643 g/mol. The van der Waals surface area contributed by atoms with Crippen molar-refractivity contribution in [3.63, 3.8) is 0 Å². The third-order valence-electron chi connectivity index (χ3n) is 8.18. The lowest BCUT2D eigenvalue weighted by Crippen LogP contribution is -2.25. The van der Waals surface area contributed by atoms with Crippen molar-refractivity contribution in [2.75, 3.05) is 45.9 Å². The Hall–Kier alpha value is -5.46. The number of halogens is 1. The number of aromatic nitrogens is 2. The minimum atomic E-state index is -1.36. The van der Waals surface area contributed by atoms with E-state index in [1.165, 1.54) is 27.5 Å². The van der Waals surface area contributed by atoms with Crippen LogP contribution in [-0.4, -0.2) is 73.5 Å². The molecule has 47 heavy (non-hydrogen) atoms. The first-order valence-corrected chi connectivity index (χ1v) is 15.1. The van der Waals surface area contributed by atoms with Crippen molar-refractivity contribution in [3.8, 4) is 17.2 Å². The van der Waals surface area contributed by atoms with Crippen LogP contribution >= 0.6 is 0 Å². The number of carbonyl (C=O) groups is 1. The highest BCUT2D eigenvalue weighted by Gasteiger charge is 2.34. The number of carboxylic acids is 1. The minimum absolute atomic E-state index is 0.00129. The van der Waals surface area contributed by atoms with E-state index >= 15 is 4.39 Å². The van der Waals surface area contributed by atoms with Gasteiger partial charge < -0.3 is 33.6 Å². The Balaban J connectivity index is 1.30. The first-order chi connectivity index (χ1) is 22.8. The van der Waals surface area contributed by atoms with Crippen LogP contribution < -0.4 is 24.5 Å². The van der Waals surface area contributed by atoms with E-state index in [0.29, 0.717) is 36.0 Å². The molecule has 1 saturated carbocycles. The zero-order valence-electron chi connectivity index (χ0n) is 26.2. The lowest BCUT2D eigenvalue weighted by molar-refractivity contribution is 0.0694. The number of aromatic carboxylic acids is 1. The molecule has 1 unspecified atom stereocenters. The fourth-order valence-corrected chi connectivity index (χ4v) is 5.66. The molecule has 0 bridgehead atoms. The van der Waals surface area contributed by atoms with E-state index < -0.39 is 22.8 Å². The summed E-state index contributed by atoms with van der Waals surface area (Å²) in [5.41, 5.74) is 1.40. The largest absolute Gasteiger partial charge is 0.493 e. The number of ether oxygens (including phenoxy) is 3. The van der Waals surface area contributed by atoms with Crippen molar-refractivity contribution in [2.45, 2.75) is 25.5 Å². The Labute approximate surface area is 269 Å². The predicted octanol–water partition coefficient (Wildman–Crippen LogP) is 4.72. The van der Waals surface area contributed by atoms with E-state index in [1.54, 1.807) is 27.8 Å². The Morgan fingerprint density at radius 3 is 2.45 bits per heavy atom. The van der Waals surface area contributed by atoms with Crippen molar-refractivity contribution in [1.29, 1.82) is 0 Å². The Kier molecular flexibility index (Phi) is 9.05. The predicted molar refractivity (Wildman–Crippen MR) is 174 cm³/mol. The lowest BCUT2D eigenvalue weighted by atomic mass is 10.1. The van der Waals surface area contributed by atoms with Crippen LogP contribution in [0.4, 0.5) is 10.2 Å². The molecule has 0 spiro atoms. The molecule has 0 amide bonds. The summed E-state index contributed by atoms with van der Waals surface area (Å²) in [5.74, 6) is -0.850. The Bertz CT molecular complexity index is 1900. The number of pyridine rings is 2. The number of methoxy groups -OCH3 is 3. The summed E-state index contributed by atoms with van der Waals surface area (Å²) in [7, 11) is 4.59. The van der Waals surface area contributed by atoms with Gasteiger partial charge in [-0.2, -0.15) is 0 Å². The molecule has 244 valence electrons. The highest BCUT2D eigenvalue weighted by atomic mass is 19.1. The third kappa shape index (κ3) is 6.60. The van der Waals surface area contributed by atoms with E-state index in [2.05, 4.69) is 15.1 Å². The second kappa shape index (κ2) is 13.5. The Morgan fingerprint density at radius 2 is 1.81 bits per heavy atom. The number of anilines is 1. The molecule has 0 radical (unpaired) electrons. The summed E-state index contributed by atoms with van der Waals surface area (Å²) in [4.78, 5) is 41.5. The first kappa shape index (κ1) is 31.5. The van der Waals surface area contributed by atoms with E-state index in [9.17, 15) is 14.7 Å². The molecule has 4 aromatic rings. The maximum absolute atomic E-state index is 15.7. The summed E-state index contributed by atoms with van der Waals surface area (Å²) >= 11 is 0. The molecule has 3 heterocycles. The number of oxime groups is 1. The van der Waals surface area contributed by atoms with Gasteiger partial charge in [0.1, 0.15) is 17.8 Å². The lowest BCUT2D eigenvalue weighted by Gasteiger charge is -2.19. The smallest absolute Gasteiger partial charge is 0.341 e. The number of aliphatic imine (C=N–C) groups is 1. The quantitative estimate of drug-likeness (QED) is 0.172. The molecule has 12 nitrogen and oxygen atoms in total. The molecule has 13 heteroatoms. The zero-order chi connectivity index (χ0) is 33.1. The van der Waals surface area contributed by atoms with Crippen LogP contribution in [0.3, 0.4) is 0 Å². The minimum Gasteiger partial charge on any atom is -0.493 e. The summed E-state index contributed by atoms with van der Waals surface area (Å²) < 4.78 is 33.7. The second-order valence-electron chi connectivity index (χ2n) is 11.4. The normalized spacial score (nSPS) is 17.1. The molecule has 1 saturated heterocycles. The fraction of sp³-hybridized carbons (Fsp3) is 0.324. The van der Waals surface area contributed by atoms with Crippen LogP contribution in [0, 0.1) is 11.7 Å². The highest BCUT2D eigenvalue weighted by molar-refractivity contribution is 5.95. The van der Waals surface area contributed by atoms with Gasteiger partial charge in [-0.3, -0.25) is 9.79 Å².